The molecule has 5 atom stereocenters. The molecule has 0 fully saturated rings. The number of carboxylic acid groups (broad SMARTS) is 1. The zero-order chi connectivity index (χ0) is 29.9. The van der Waals surface area contributed by atoms with E-state index >= 15 is 0 Å². The van der Waals surface area contributed by atoms with Gasteiger partial charge >= 0.3 is 12.0 Å². The number of nitrogens with one attached hydrogen (secondary N) is 4. The van der Waals surface area contributed by atoms with E-state index in [0.717, 1.165) is 0 Å². The molecule has 0 aromatic carbocycles. The van der Waals surface area contributed by atoms with Gasteiger partial charge in [-0.05, 0) is 37.5 Å². The monoisotopic (exact) mass is 549 g/mol. The van der Waals surface area contributed by atoms with Crippen molar-refractivity contribution in [2.24, 2.45) is 17.8 Å². The first-order chi connectivity index (χ1) is 18.2. The third-order valence-electron chi connectivity index (χ3n) is 6.74. The van der Waals surface area contributed by atoms with Crippen molar-refractivity contribution in [3.63, 3.8) is 0 Å². The minimum atomic E-state index is -1.17. The zero-order valence-corrected chi connectivity index (χ0v) is 24.5. The molecule has 5 N–H and O–H groups in total. The molecule has 220 valence electrons. The number of hydrogen-bond acceptors (Lipinski definition) is 5. The SMILES string of the molecule is CCC(C)N(C(=O)C(NC(=O)NC(C(=O)O)C(C)C)C(C)C)C1/C=C/CCNC(=O)/C=C/C(C(C)C)NC1=O. The van der Waals surface area contributed by atoms with E-state index in [0.29, 0.717) is 19.4 Å². The van der Waals surface area contributed by atoms with Crippen LogP contribution in [-0.4, -0.2) is 76.5 Å². The zero-order valence-electron chi connectivity index (χ0n) is 24.5. The van der Waals surface area contributed by atoms with E-state index in [1.165, 1.54) is 11.0 Å². The highest BCUT2D eigenvalue weighted by molar-refractivity contribution is 5.94. The third kappa shape index (κ3) is 10.4. The van der Waals surface area contributed by atoms with E-state index < -0.39 is 48.0 Å². The van der Waals surface area contributed by atoms with Crippen LogP contribution in [0.1, 0.15) is 68.2 Å². The molecule has 11 heteroatoms. The number of aliphatic carboxylic acids is 1. The van der Waals surface area contributed by atoms with Crippen molar-refractivity contribution in [3.05, 3.63) is 24.3 Å². The number of carbonyl (C=O) groups is 5. The number of amides is 5. The summed E-state index contributed by atoms with van der Waals surface area (Å²) >= 11 is 0. The molecule has 0 saturated carbocycles. The molecule has 0 aromatic rings. The van der Waals surface area contributed by atoms with Crippen LogP contribution in [0.4, 0.5) is 4.79 Å². The van der Waals surface area contributed by atoms with Gasteiger partial charge in [0.25, 0.3) is 0 Å². The highest BCUT2D eigenvalue weighted by atomic mass is 16.4. The summed E-state index contributed by atoms with van der Waals surface area (Å²) < 4.78 is 0. The van der Waals surface area contributed by atoms with Crippen LogP contribution in [0.25, 0.3) is 0 Å². The fraction of sp³-hybridized carbons (Fsp3) is 0.679. The Balaban J connectivity index is 3.40. The first-order valence-electron chi connectivity index (χ1n) is 13.8. The Morgan fingerprint density at radius 2 is 1.59 bits per heavy atom. The lowest BCUT2D eigenvalue weighted by molar-refractivity contribution is -0.143. The molecule has 11 nitrogen and oxygen atoms in total. The van der Waals surface area contributed by atoms with Crippen molar-refractivity contribution in [3.8, 4) is 0 Å². The molecular weight excluding hydrogens is 502 g/mol. The predicted molar refractivity (Wildman–Crippen MR) is 150 cm³/mol. The molecule has 1 aliphatic heterocycles. The van der Waals surface area contributed by atoms with E-state index in [2.05, 4.69) is 21.3 Å². The van der Waals surface area contributed by atoms with Crippen LogP contribution in [0.2, 0.25) is 0 Å². The number of carboxylic acids is 1. The first kappa shape index (κ1) is 33.7. The van der Waals surface area contributed by atoms with Gasteiger partial charge in [-0.15, -0.1) is 0 Å². The Morgan fingerprint density at radius 3 is 2.10 bits per heavy atom. The second-order valence-electron chi connectivity index (χ2n) is 11.0. The molecule has 1 aliphatic rings. The lowest BCUT2D eigenvalue weighted by atomic mass is 9.98. The topological polar surface area (TPSA) is 157 Å². The summed E-state index contributed by atoms with van der Waals surface area (Å²) in [4.78, 5) is 65.6. The van der Waals surface area contributed by atoms with Gasteiger partial charge in [-0.3, -0.25) is 14.4 Å². The van der Waals surface area contributed by atoms with Crippen LogP contribution in [0, 0.1) is 17.8 Å². The van der Waals surface area contributed by atoms with Crippen molar-refractivity contribution >= 4 is 29.7 Å². The van der Waals surface area contributed by atoms with E-state index in [-0.39, 0.29) is 29.7 Å². The van der Waals surface area contributed by atoms with Crippen molar-refractivity contribution in [2.75, 3.05) is 6.54 Å². The normalized spacial score (nSPS) is 22.4. The Labute approximate surface area is 232 Å². The molecular formula is C28H47N5O6. The lowest BCUT2D eigenvalue weighted by Gasteiger charge is -2.38. The van der Waals surface area contributed by atoms with E-state index in [1.54, 1.807) is 45.9 Å². The molecule has 0 bridgehead atoms. The quantitative estimate of drug-likeness (QED) is 0.263. The number of nitrogens with zero attached hydrogens (tertiary/aromatic N) is 1. The minimum Gasteiger partial charge on any atom is -0.480 e. The van der Waals surface area contributed by atoms with E-state index in [9.17, 15) is 29.1 Å². The summed E-state index contributed by atoms with van der Waals surface area (Å²) in [5, 5.41) is 20.3. The van der Waals surface area contributed by atoms with Gasteiger partial charge in [0.05, 0.1) is 0 Å². The Kier molecular flexibility index (Phi) is 13.7. The van der Waals surface area contributed by atoms with Crippen LogP contribution >= 0.6 is 0 Å². The van der Waals surface area contributed by atoms with E-state index in [4.69, 9.17) is 0 Å². The van der Waals surface area contributed by atoms with Crippen LogP contribution in [-0.2, 0) is 19.2 Å². The van der Waals surface area contributed by atoms with Crippen molar-refractivity contribution in [1.82, 2.24) is 26.2 Å². The average molecular weight is 550 g/mol. The number of carbonyl (C=O) groups excluding carboxylic acids is 4. The first-order valence-corrected chi connectivity index (χ1v) is 13.8. The van der Waals surface area contributed by atoms with Crippen LogP contribution in [0.15, 0.2) is 24.3 Å². The molecule has 0 aromatic heterocycles. The number of hydrogen-bond donors (Lipinski definition) is 5. The standard InChI is InChI=1S/C28H47N5O6/c1-9-19(8)33(26(36)23(17(4)5)31-28(39)32-24(18(6)7)27(37)38)21-12-10-11-15-29-22(34)14-13-20(16(2)3)30-25(21)35/h10,12-14,16-21,23-24H,9,11,15H2,1-8H3,(H,29,34)(H,30,35)(H,37,38)(H2,31,32,39)/b12-10+,14-13+. The number of rotatable bonds is 10. The van der Waals surface area contributed by atoms with Crippen LogP contribution in [0.3, 0.4) is 0 Å². The van der Waals surface area contributed by atoms with Crippen LogP contribution in [0.5, 0.6) is 0 Å². The summed E-state index contributed by atoms with van der Waals surface area (Å²) in [7, 11) is 0. The summed E-state index contributed by atoms with van der Waals surface area (Å²) in [5.74, 6) is -3.00. The maximum atomic E-state index is 14.0. The second-order valence-corrected chi connectivity index (χ2v) is 11.0. The van der Waals surface area contributed by atoms with Gasteiger partial charge in [0.15, 0.2) is 0 Å². The Hall–Kier alpha value is -3.37. The van der Waals surface area contributed by atoms with Gasteiger partial charge in [0, 0.05) is 24.7 Å². The molecule has 1 heterocycles. The van der Waals surface area contributed by atoms with Crippen molar-refractivity contribution in [1.29, 1.82) is 0 Å². The molecule has 39 heavy (non-hydrogen) atoms. The molecule has 5 amide bonds. The van der Waals surface area contributed by atoms with E-state index in [1.807, 2.05) is 27.7 Å². The van der Waals surface area contributed by atoms with Gasteiger partial charge in [-0.1, -0.05) is 66.7 Å². The molecule has 5 unspecified atom stereocenters. The maximum absolute atomic E-state index is 14.0. The van der Waals surface area contributed by atoms with Crippen LogP contribution < -0.4 is 21.3 Å². The molecule has 0 radical (unpaired) electrons. The van der Waals surface area contributed by atoms with Gasteiger partial charge < -0.3 is 31.3 Å². The highest BCUT2D eigenvalue weighted by Gasteiger charge is 2.38. The number of urea groups is 1. The summed E-state index contributed by atoms with van der Waals surface area (Å²) in [5.41, 5.74) is 0. The maximum Gasteiger partial charge on any atom is 0.326 e. The largest absolute Gasteiger partial charge is 0.480 e. The minimum absolute atomic E-state index is 0.0183. The molecule has 0 aliphatic carbocycles. The fourth-order valence-electron chi connectivity index (χ4n) is 4.08. The molecule has 0 spiro atoms. The molecule has 1 rings (SSSR count). The molecule has 0 saturated heterocycles. The predicted octanol–water partition coefficient (Wildman–Crippen LogP) is 2.19. The fourth-order valence-corrected chi connectivity index (χ4v) is 4.08. The van der Waals surface area contributed by atoms with Gasteiger partial charge in [0.1, 0.15) is 18.1 Å². The van der Waals surface area contributed by atoms with Gasteiger partial charge in [0.2, 0.25) is 17.7 Å². The summed E-state index contributed by atoms with van der Waals surface area (Å²) in [6, 6.07) is -4.67. The average Bonchev–Trinajstić information content (AvgIpc) is 2.84. The summed E-state index contributed by atoms with van der Waals surface area (Å²) in [6.45, 7) is 14.8. The Bertz CT molecular complexity index is 929. The summed E-state index contributed by atoms with van der Waals surface area (Å²) in [6.07, 6.45) is 7.48. The highest BCUT2D eigenvalue weighted by Crippen LogP contribution is 2.18. The van der Waals surface area contributed by atoms with Crippen molar-refractivity contribution in [2.45, 2.75) is 98.4 Å². The smallest absolute Gasteiger partial charge is 0.326 e. The lowest BCUT2D eigenvalue weighted by Crippen LogP contribution is -2.61. The Morgan fingerprint density at radius 1 is 1.00 bits per heavy atom. The third-order valence-corrected chi connectivity index (χ3v) is 6.74. The van der Waals surface area contributed by atoms with Gasteiger partial charge in [-0.2, -0.15) is 0 Å². The van der Waals surface area contributed by atoms with Gasteiger partial charge in [-0.25, -0.2) is 9.59 Å². The van der Waals surface area contributed by atoms with Crippen molar-refractivity contribution < 1.29 is 29.1 Å². The second kappa shape index (κ2) is 15.9.